The minimum Gasteiger partial charge on any atom is -0.352 e. The molecule has 37 heavy (non-hydrogen) atoms. The molecule has 1 unspecified atom stereocenters. The number of rotatable bonds is 11. The largest absolute Gasteiger partial charge is 0.352 e. The van der Waals surface area contributed by atoms with Crippen LogP contribution in [0.3, 0.4) is 0 Å². The standard InChI is InChI=1S/C30H32BrClN2O2S/c31-25-15-13-23(14-16-25)20-37-21-29(35)34(19-24-9-6-10-26(32)17-24)28(18-22-7-2-1-3-8-22)30(36)33-27-11-4-5-12-27/h1-3,6-10,13-17,27-28H,4-5,11-12,18-21H2,(H,33,36). The van der Waals surface area contributed by atoms with Gasteiger partial charge in [-0.3, -0.25) is 9.59 Å². The van der Waals surface area contributed by atoms with E-state index in [0.29, 0.717) is 23.7 Å². The smallest absolute Gasteiger partial charge is 0.243 e. The van der Waals surface area contributed by atoms with E-state index in [1.165, 1.54) is 0 Å². The average molecular weight is 600 g/mol. The molecule has 3 aromatic rings. The van der Waals surface area contributed by atoms with Crippen molar-refractivity contribution in [2.75, 3.05) is 5.75 Å². The first-order chi connectivity index (χ1) is 18.0. The highest BCUT2D eigenvalue weighted by molar-refractivity contribution is 9.10. The van der Waals surface area contributed by atoms with Crippen LogP contribution in [0.15, 0.2) is 83.3 Å². The van der Waals surface area contributed by atoms with Crippen molar-refractivity contribution in [1.29, 1.82) is 0 Å². The zero-order valence-corrected chi connectivity index (χ0v) is 23.9. The van der Waals surface area contributed by atoms with E-state index in [1.807, 2.05) is 66.7 Å². The summed E-state index contributed by atoms with van der Waals surface area (Å²) in [7, 11) is 0. The Kier molecular flexibility index (Phi) is 10.5. The summed E-state index contributed by atoms with van der Waals surface area (Å²) in [4.78, 5) is 29.2. The van der Waals surface area contributed by atoms with E-state index in [4.69, 9.17) is 11.6 Å². The second-order valence-electron chi connectivity index (χ2n) is 9.47. The summed E-state index contributed by atoms with van der Waals surface area (Å²) in [5.74, 6) is 0.883. The van der Waals surface area contributed by atoms with Crippen LogP contribution < -0.4 is 5.32 Å². The van der Waals surface area contributed by atoms with Crippen LogP contribution in [0.4, 0.5) is 0 Å². The van der Waals surface area contributed by atoms with Gasteiger partial charge in [-0.2, -0.15) is 0 Å². The van der Waals surface area contributed by atoms with Crippen molar-refractivity contribution in [2.24, 2.45) is 0 Å². The number of thioether (sulfide) groups is 1. The van der Waals surface area contributed by atoms with Crippen LogP contribution in [0, 0.1) is 0 Å². The van der Waals surface area contributed by atoms with Crippen molar-refractivity contribution < 1.29 is 9.59 Å². The third-order valence-corrected chi connectivity index (χ3v) is 8.37. The minimum atomic E-state index is -0.609. The number of hydrogen-bond acceptors (Lipinski definition) is 3. The number of halogens is 2. The lowest BCUT2D eigenvalue weighted by Crippen LogP contribution is -2.52. The molecule has 1 aliphatic rings. The van der Waals surface area contributed by atoms with Gasteiger partial charge in [0, 0.05) is 34.3 Å². The Hall–Kier alpha value is -2.28. The average Bonchev–Trinajstić information content (AvgIpc) is 3.41. The van der Waals surface area contributed by atoms with Gasteiger partial charge in [0.1, 0.15) is 6.04 Å². The number of hydrogen-bond donors (Lipinski definition) is 1. The highest BCUT2D eigenvalue weighted by Crippen LogP contribution is 2.22. The van der Waals surface area contributed by atoms with Gasteiger partial charge in [-0.05, 0) is 53.8 Å². The second kappa shape index (κ2) is 14.0. The SMILES string of the molecule is O=C(NC1CCCC1)C(Cc1ccccc1)N(Cc1cccc(Cl)c1)C(=O)CSCc1ccc(Br)cc1. The molecule has 0 aromatic heterocycles. The monoisotopic (exact) mass is 598 g/mol. The van der Waals surface area contributed by atoms with Gasteiger partial charge in [-0.15, -0.1) is 11.8 Å². The summed E-state index contributed by atoms with van der Waals surface area (Å²) in [6.07, 6.45) is 4.71. The molecule has 7 heteroatoms. The van der Waals surface area contributed by atoms with Crippen LogP contribution in [0.1, 0.15) is 42.4 Å². The molecule has 1 aliphatic carbocycles. The number of carbonyl (C=O) groups excluding carboxylic acids is 2. The van der Waals surface area contributed by atoms with E-state index < -0.39 is 6.04 Å². The van der Waals surface area contributed by atoms with Gasteiger partial charge in [-0.25, -0.2) is 0 Å². The third-order valence-electron chi connectivity index (χ3n) is 6.62. The Labute approximate surface area is 237 Å². The van der Waals surface area contributed by atoms with E-state index in [0.717, 1.165) is 52.6 Å². The Morgan fingerprint density at radius 1 is 0.946 bits per heavy atom. The number of carbonyl (C=O) groups is 2. The van der Waals surface area contributed by atoms with Gasteiger partial charge >= 0.3 is 0 Å². The number of nitrogens with zero attached hydrogens (tertiary/aromatic N) is 1. The molecule has 1 saturated carbocycles. The maximum absolute atomic E-state index is 13.7. The Balaban J connectivity index is 1.56. The lowest BCUT2D eigenvalue weighted by molar-refractivity contribution is -0.139. The van der Waals surface area contributed by atoms with E-state index >= 15 is 0 Å². The topological polar surface area (TPSA) is 49.4 Å². The first kappa shape index (κ1) is 27.7. The molecule has 4 rings (SSSR count). The van der Waals surface area contributed by atoms with Gasteiger partial charge in [0.05, 0.1) is 5.75 Å². The lowest BCUT2D eigenvalue weighted by atomic mass is 10.0. The number of amides is 2. The van der Waals surface area contributed by atoms with Crippen molar-refractivity contribution in [3.8, 4) is 0 Å². The van der Waals surface area contributed by atoms with E-state index in [1.54, 1.807) is 16.7 Å². The molecule has 1 fully saturated rings. The van der Waals surface area contributed by atoms with Gasteiger partial charge in [0.15, 0.2) is 0 Å². The Morgan fingerprint density at radius 2 is 1.65 bits per heavy atom. The van der Waals surface area contributed by atoms with Crippen molar-refractivity contribution in [3.63, 3.8) is 0 Å². The number of benzene rings is 3. The van der Waals surface area contributed by atoms with Crippen LogP contribution in [0.5, 0.6) is 0 Å². The maximum atomic E-state index is 13.7. The summed E-state index contributed by atoms with van der Waals surface area (Å²) >= 11 is 11.3. The second-order valence-corrected chi connectivity index (χ2v) is 11.8. The van der Waals surface area contributed by atoms with Crippen LogP contribution in [-0.4, -0.2) is 34.6 Å². The maximum Gasteiger partial charge on any atom is 0.243 e. The van der Waals surface area contributed by atoms with E-state index in [2.05, 4.69) is 33.4 Å². The molecular formula is C30H32BrClN2O2S. The molecule has 3 aromatic carbocycles. The molecule has 2 amide bonds. The molecule has 1 atom stereocenters. The summed E-state index contributed by atoms with van der Waals surface area (Å²) in [6, 6.07) is 25.1. The summed E-state index contributed by atoms with van der Waals surface area (Å²) < 4.78 is 1.03. The first-order valence-corrected chi connectivity index (χ1v) is 15.0. The molecule has 1 N–H and O–H groups in total. The van der Waals surface area contributed by atoms with Crippen molar-refractivity contribution >= 4 is 51.1 Å². The predicted molar refractivity (Wildman–Crippen MR) is 157 cm³/mol. The van der Waals surface area contributed by atoms with E-state index in [9.17, 15) is 9.59 Å². The molecule has 0 radical (unpaired) electrons. The molecule has 0 bridgehead atoms. The minimum absolute atomic E-state index is 0.0513. The molecule has 0 saturated heterocycles. The zero-order chi connectivity index (χ0) is 26.0. The number of nitrogens with one attached hydrogen (secondary N) is 1. The van der Waals surface area contributed by atoms with Crippen LogP contribution in [-0.2, 0) is 28.3 Å². The fourth-order valence-electron chi connectivity index (χ4n) is 4.67. The van der Waals surface area contributed by atoms with Gasteiger partial charge in [0.25, 0.3) is 0 Å². The van der Waals surface area contributed by atoms with Gasteiger partial charge < -0.3 is 10.2 Å². The van der Waals surface area contributed by atoms with Gasteiger partial charge in [-0.1, -0.05) is 95.0 Å². The lowest BCUT2D eigenvalue weighted by Gasteiger charge is -2.32. The van der Waals surface area contributed by atoms with Gasteiger partial charge in [0.2, 0.25) is 11.8 Å². The quantitative estimate of drug-likeness (QED) is 0.257. The molecule has 0 heterocycles. The Morgan fingerprint density at radius 3 is 2.35 bits per heavy atom. The van der Waals surface area contributed by atoms with Crippen molar-refractivity contribution in [2.45, 2.75) is 56.5 Å². The highest BCUT2D eigenvalue weighted by atomic mass is 79.9. The Bertz CT molecular complexity index is 1170. The summed E-state index contributed by atoms with van der Waals surface area (Å²) in [5, 5.41) is 3.86. The fraction of sp³-hybridized carbons (Fsp3) is 0.333. The normalized spacial score (nSPS) is 14.3. The first-order valence-electron chi connectivity index (χ1n) is 12.7. The zero-order valence-electron chi connectivity index (χ0n) is 20.7. The van der Waals surface area contributed by atoms with E-state index in [-0.39, 0.29) is 17.9 Å². The van der Waals surface area contributed by atoms with Crippen LogP contribution >= 0.6 is 39.3 Å². The predicted octanol–water partition coefficient (Wildman–Crippen LogP) is 7.03. The molecule has 4 nitrogen and oxygen atoms in total. The van der Waals surface area contributed by atoms with Crippen molar-refractivity contribution in [1.82, 2.24) is 10.2 Å². The van der Waals surface area contributed by atoms with Crippen molar-refractivity contribution in [3.05, 3.63) is 105 Å². The molecule has 0 spiro atoms. The highest BCUT2D eigenvalue weighted by Gasteiger charge is 2.32. The molecule has 0 aliphatic heterocycles. The van der Waals surface area contributed by atoms with Crippen LogP contribution in [0.25, 0.3) is 0 Å². The summed E-state index contributed by atoms with van der Waals surface area (Å²) in [6.45, 7) is 0.327. The summed E-state index contributed by atoms with van der Waals surface area (Å²) in [5.41, 5.74) is 3.09. The fourth-order valence-corrected chi connectivity index (χ4v) is 6.02. The molecular weight excluding hydrogens is 568 g/mol. The molecule has 194 valence electrons. The van der Waals surface area contributed by atoms with Crippen LogP contribution in [0.2, 0.25) is 5.02 Å². The third kappa shape index (κ3) is 8.62.